The van der Waals surface area contributed by atoms with E-state index in [9.17, 15) is 13.2 Å². The highest BCUT2D eigenvalue weighted by Gasteiger charge is 2.26. The first-order valence-electron chi connectivity index (χ1n) is 5.46. The molecule has 0 amide bonds. The van der Waals surface area contributed by atoms with Crippen LogP contribution in [0.2, 0.25) is 15.1 Å². The summed E-state index contributed by atoms with van der Waals surface area (Å²) >= 11 is 17.3. The van der Waals surface area contributed by atoms with Gasteiger partial charge in [0, 0.05) is 10.0 Å². The zero-order valence-corrected chi connectivity index (χ0v) is 13.3. The molecule has 2 aromatic carbocycles. The molecule has 0 fully saturated rings. The topological polar surface area (TPSA) is 71.4 Å². The molecule has 110 valence electrons. The molecule has 2 rings (SSSR count). The predicted molar refractivity (Wildman–Crippen MR) is 80.3 cm³/mol. The van der Waals surface area contributed by atoms with Crippen LogP contribution < -0.4 is 0 Å². The van der Waals surface area contributed by atoms with E-state index < -0.39 is 21.4 Å². The molecule has 0 aromatic heterocycles. The largest absolute Gasteiger partial charge is 0.478 e. The van der Waals surface area contributed by atoms with Gasteiger partial charge in [0.25, 0.3) is 0 Å². The summed E-state index contributed by atoms with van der Waals surface area (Å²) in [6, 6.07) is 7.35. The first-order chi connectivity index (χ1) is 9.73. The van der Waals surface area contributed by atoms with Gasteiger partial charge in [0.15, 0.2) is 0 Å². The number of carboxylic acids is 1. The van der Waals surface area contributed by atoms with Gasteiger partial charge in [-0.2, -0.15) is 0 Å². The van der Waals surface area contributed by atoms with E-state index >= 15 is 0 Å². The Bertz CT molecular complexity index is 831. The van der Waals surface area contributed by atoms with Crippen LogP contribution in [-0.4, -0.2) is 19.5 Å². The Kier molecular flexibility index (Phi) is 4.49. The minimum atomic E-state index is -4.11. The van der Waals surface area contributed by atoms with Crippen molar-refractivity contribution >= 4 is 50.6 Å². The van der Waals surface area contributed by atoms with Gasteiger partial charge in [-0.05, 0) is 36.4 Å². The van der Waals surface area contributed by atoms with E-state index in [4.69, 9.17) is 39.9 Å². The monoisotopic (exact) mass is 364 g/mol. The highest BCUT2D eigenvalue weighted by molar-refractivity contribution is 7.91. The van der Waals surface area contributed by atoms with E-state index in [1.807, 2.05) is 0 Å². The van der Waals surface area contributed by atoms with Gasteiger partial charge in [-0.3, -0.25) is 0 Å². The van der Waals surface area contributed by atoms with Crippen LogP contribution in [0.3, 0.4) is 0 Å². The van der Waals surface area contributed by atoms with Gasteiger partial charge in [0.1, 0.15) is 0 Å². The third-order valence-electron chi connectivity index (χ3n) is 2.64. The Morgan fingerprint density at radius 1 is 0.905 bits per heavy atom. The lowest BCUT2D eigenvalue weighted by molar-refractivity contribution is 0.0692. The van der Waals surface area contributed by atoms with Crippen LogP contribution in [0.4, 0.5) is 0 Å². The third kappa shape index (κ3) is 3.16. The van der Waals surface area contributed by atoms with Crippen molar-refractivity contribution in [2.75, 3.05) is 0 Å². The van der Waals surface area contributed by atoms with Crippen molar-refractivity contribution in [3.63, 3.8) is 0 Å². The van der Waals surface area contributed by atoms with Gasteiger partial charge in [0.2, 0.25) is 9.84 Å². The summed E-state index contributed by atoms with van der Waals surface area (Å²) in [5, 5.41) is 9.44. The molecule has 0 bridgehead atoms. The van der Waals surface area contributed by atoms with E-state index in [0.29, 0.717) is 0 Å². The van der Waals surface area contributed by atoms with E-state index in [1.54, 1.807) is 0 Å². The second kappa shape index (κ2) is 5.85. The maximum Gasteiger partial charge on any atom is 0.337 e. The molecule has 0 radical (unpaired) electrons. The van der Waals surface area contributed by atoms with Crippen molar-refractivity contribution in [2.45, 2.75) is 9.79 Å². The second-order valence-corrected chi connectivity index (χ2v) is 7.19. The molecule has 0 aliphatic heterocycles. The van der Waals surface area contributed by atoms with Gasteiger partial charge in [0.05, 0.1) is 20.4 Å². The number of hydrogen-bond acceptors (Lipinski definition) is 3. The summed E-state index contributed by atoms with van der Waals surface area (Å²) in [4.78, 5) is 10.6. The fourth-order valence-corrected chi connectivity index (χ4v) is 4.08. The Hall–Kier alpha value is -1.27. The molecule has 0 aliphatic carbocycles. The van der Waals surface area contributed by atoms with Gasteiger partial charge >= 0.3 is 5.97 Å². The Labute approximate surface area is 135 Å². The van der Waals surface area contributed by atoms with Gasteiger partial charge < -0.3 is 5.11 Å². The second-order valence-electron chi connectivity index (χ2n) is 4.02. The molecular weight excluding hydrogens is 359 g/mol. The SMILES string of the molecule is O=C(O)c1cc(Cl)ccc1S(=O)(=O)c1ccc(Cl)cc1Cl. The molecule has 0 atom stereocenters. The molecule has 0 spiro atoms. The summed E-state index contributed by atoms with van der Waals surface area (Å²) < 4.78 is 25.1. The standard InChI is InChI=1S/C13H7Cl3O4S/c14-7-1-3-11(9(5-7)13(17)18)21(19,20)12-4-2-8(15)6-10(12)16/h1-6H,(H,17,18). The lowest BCUT2D eigenvalue weighted by atomic mass is 10.2. The number of hydrogen-bond donors (Lipinski definition) is 1. The van der Waals surface area contributed by atoms with Gasteiger partial charge in [-0.15, -0.1) is 0 Å². The summed E-state index contributed by atoms with van der Waals surface area (Å²) in [7, 11) is -4.11. The van der Waals surface area contributed by atoms with E-state index in [2.05, 4.69) is 0 Å². The molecule has 0 unspecified atom stereocenters. The van der Waals surface area contributed by atoms with Crippen LogP contribution in [0, 0.1) is 0 Å². The van der Waals surface area contributed by atoms with Crippen LogP contribution in [0.25, 0.3) is 0 Å². The van der Waals surface area contributed by atoms with Crippen molar-refractivity contribution in [1.29, 1.82) is 0 Å². The fraction of sp³-hybridized carbons (Fsp3) is 0. The van der Waals surface area contributed by atoms with Crippen molar-refractivity contribution in [3.8, 4) is 0 Å². The first-order valence-corrected chi connectivity index (χ1v) is 8.08. The van der Waals surface area contributed by atoms with Crippen LogP contribution >= 0.6 is 34.8 Å². The molecule has 8 heteroatoms. The molecule has 0 aliphatic rings. The van der Waals surface area contributed by atoms with Crippen LogP contribution in [0.15, 0.2) is 46.2 Å². The average molecular weight is 366 g/mol. The number of benzene rings is 2. The molecule has 4 nitrogen and oxygen atoms in total. The maximum atomic E-state index is 12.6. The van der Waals surface area contributed by atoms with Gasteiger partial charge in [-0.25, -0.2) is 13.2 Å². The molecule has 0 saturated heterocycles. The molecule has 2 aromatic rings. The van der Waals surface area contributed by atoms with Gasteiger partial charge in [-0.1, -0.05) is 34.8 Å². The summed E-state index contributed by atoms with van der Waals surface area (Å²) in [6.07, 6.45) is 0. The predicted octanol–water partition coefficient (Wildman–Crippen LogP) is 4.18. The minimum Gasteiger partial charge on any atom is -0.478 e. The van der Waals surface area contributed by atoms with E-state index in [0.717, 1.165) is 12.1 Å². The van der Waals surface area contributed by atoms with Crippen molar-refractivity contribution in [3.05, 3.63) is 57.0 Å². The number of halogens is 3. The fourth-order valence-electron chi connectivity index (χ4n) is 1.72. The van der Waals surface area contributed by atoms with E-state index in [-0.39, 0.29) is 24.9 Å². The number of sulfone groups is 1. The lowest BCUT2D eigenvalue weighted by Gasteiger charge is -2.10. The normalized spacial score (nSPS) is 11.4. The van der Waals surface area contributed by atoms with E-state index in [1.165, 1.54) is 24.3 Å². The quantitative estimate of drug-likeness (QED) is 0.886. The van der Waals surface area contributed by atoms with Crippen molar-refractivity contribution in [1.82, 2.24) is 0 Å². The molecule has 0 heterocycles. The average Bonchev–Trinajstić information content (AvgIpc) is 2.37. The Morgan fingerprint density at radius 2 is 1.43 bits per heavy atom. The van der Waals surface area contributed by atoms with Crippen molar-refractivity contribution in [2.24, 2.45) is 0 Å². The summed E-state index contributed by atoms with van der Waals surface area (Å²) in [5.74, 6) is -1.40. The Balaban J connectivity index is 2.73. The third-order valence-corrected chi connectivity index (χ3v) is 5.41. The zero-order chi connectivity index (χ0) is 15.8. The molecule has 0 saturated carbocycles. The first kappa shape index (κ1) is 16.1. The Morgan fingerprint density at radius 3 is 1.95 bits per heavy atom. The zero-order valence-electron chi connectivity index (χ0n) is 10.2. The number of carbonyl (C=O) groups is 1. The molecular formula is C13H7Cl3O4S. The van der Waals surface area contributed by atoms with Crippen molar-refractivity contribution < 1.29 is 18.3 Å². The summed E-state index contributed by atoms with van der Waals surface area (Å²) in [6.45, 7) is 0. The number of carboxylic acid groups (broad SMARTS) is 1. The number of rotatable bonds is 3. The highest BCUT2D eigenvalue weighted by atomic mass is 35.5. The molecule has 21 heavy (non-hydrogen) atoms. The molecule has 1 N–H and O–H groups in total. The van der Waals surface area contributed by atoms with Crippen LogP contribution in [-0.2, 0) is 9.84 Å². The maximum absolute atomic E-state index is 12.6. The summed E-state index contributed by atoms with van der Waals surface area (Å²) in [5.41, 5.74) is -0.423. The van der Waals surface area contributed by atoms with Crippen LogP contribution in [0.5, 0.6) is 0 Å². The minimum absolute atomic E-state index is 0.0891. The number of aromatic carboxylic acids is 1. The smallest absolute Gasteiger partial charge is 0.337 e. The van der Waals surface area contributed by atoms with Crippen LogP contribution in [0.1, 0.15) is 10.4 Å². The lowest BCUT2D eigenvalue weighted by Crippen LogP contribution is -2.10. The highest BCUT2D eigenvalue weighted by Crippen LogP contribution is 2.32.